The Hall–Kier alpha value is -1.61. The van der Waals surface area contributed by atoms with Crippen LogP contribution < -0.4 is 4.74 Å². The number of allylic oxidation sites excluding steroid dienone is 2. The first-order chi connectivity index (χ1) is 9.92. The maximum absolute atomic E-state index is 12.2. The van der Waals surface area contributed by atoms with E-state index >= 15 is 0 Å². The zero-order chi connectivity index (χ0) is 15.6. The van der Waals surface area contributed by atoms with Crippen molar-refractivity contribution >= 4 is 11.4 Å². The molecule has 0 amide bonds. The van der Waals surface area contributed by atoms with Crippen molar-refractivity contribution in [2.75, 3.05) is 13.7 Å². The molecule has 3 nitrogen and oxygen atoms in total. The molecule has 3 heteroatoms. The van der Waals surface area contributed by atoms with Crippen LogP contribution in [0.3, 0.4) is 0 Å². The Kier molecular flexibility index (Phi) is 4.52. The van der Waals surface area contributed by atoms with Crippen LogP contribution in [-0.2, 0) is 4.79 Å². The summed E-state index contributed by atoms with van der Waals surface area (Å²) in [6.45, 7) is 6.24. The average Bonchev–Trinajstić information content (AvgIpc) is 2.45. The summed E-state index contributed by atoms with van der Waals surface area (Å²) in [7, 11) is 1.65. The van der Waals surface area contributed by atoms with Crippen molar-refractivity contribution < 1.29 is 14.6 Å². The number of carbonyl (C=O) groups excluding carboxylic acids is 1. The predicted octanol–water partition coefficient (Wildman–Crippen LogP) is 3.53. The SMILES string of the molecule is COc1ccc(C2=C(C)C(=O)CCC2(C)CCO)c(C)c1. The molecule has 1 N–H and O–H groups in total. The normalized spacial score (nSPS) is 22.6. The second-order valence-electron chi connectivity index (χ2n) is 6.14. The first-order valence-corrected chi connectivity index (χ1v) is 7.43. The third-order valence-corrected chi connectivity index (χ3v) is 4.67. The molecule has 1 aliphatic carbocycles. The highest BCUT2D eigenvalue weighted by Gasteiger charge is 2.37. The van der Waals surface area contributed by atoms with Crippen molar-refractivity contribution in [3.8, 4) is 5.75 Å². The van der Waals surface area contributed by atoms with Crippen molar-refractivity contribution in [3.63, 3.8) is 0 Å². The Morgan fingerprint density at radius 1 is 1.33 bits per heavy atom. The Morgan fingerprint density at radius 3 is 2.62 bits per heavy atom. The maximum Gasteiger partial charge on any atom is 0.158 e. The Labute approximate surface area is 126 Å². The second kappa shape index (κ2) is 6.02. The molecule has 114 valence electrons. The van der Waals surface area contributed by atoms with Gasteiger partial charge in [0.15, 0.2) is 5.78 Å². The Bertz CT molecular complexity index is 586. The molecule has 0 fully saturated rings. The number of aliphatic hydroxyl groups excluding tert-OH is 1. The van der Waals surface area contributed by atoms with Gasteiger partial charge < -0.3 is 9.84 Å². The largest absolute Gasteiger partial charge is 0.497 e. The lowest BCUT2D eigenvalue weighted by atomic mass is 9.66. The summed E-state index contributed by atoms with van der Waals surface area (Å²) < 4.78 is 5.26. The zero-order valence-corrected chi connectivity index (χ0v) is 13.3. The van der Waals surface area contributed by atoms with E-state index in [1.165, 1.54) is 0 Å². The van der Waals surface area contributed by atoms with Crippen molar-refractivity contribution in [1.29, 1.82) is 0 Å². The summed E-state index contributed by atoms with van der Waals surface area (Å²) in [5.74, 6) is 1.04. The molecule has 0 aliphatic heterocycles. The number of Topliss-reactive ketones (excluding diaryl/α,β-unsaturated/α-hetero) is 1. The molecule has 0 spiro atoms. The first-order valence-electron chi connectivity index (χ1n) is 7.43. The summed E-state index contributed by atoms with van der Waals surface area (Å²) >= 11 is 0. The highest BCUT2D eigenvalue weighted by Crippen LogP contribution is 2.48. The lowest BCUT2D eigenvalue weighted by molar-refractivity contribution is -0.116. The van der Waals surface area contributed by atoms with E-state index in [0.29, 0.717) is 12.8 Å². The molecule has 21 heavy (non-hydrogen) atoms. The van der Waals surface area contributed by atoms with Gasteiger partial charge in [-0.25, -0.2) is 0 Å². The number of carbonyl (C=O) groups is 1. The fourth-order valence-corrected chi connectivity index (χ4v) is 3.36. The van der Waals surface area contributed by atoms with Crippen LogP contribution >= 0.6 is 0 Å². The third-order valence-electron chi connectivity index (χ3n) is 4.67. The monoisotopic (exact) mass is 288 g/mol. The van der Waals surface area contributed by atoms with Gasteiger partial charge in [0.25, 0.3) is 0 Å². The van der Waals surface area contributed by atoms with Gasteiger partial charge in [-0.15, -0.1) is 0 Å². The van der Waals surface area contributed by atoms with Crippen LogP contribution in [-0.4, -0.2) is 24.6 Å². The van der Waals surface area contributed by atoms with Crippen molar-refractivity contribution in [3.05, 3.63) is 34.9 Å². The number of rotatable bonds is 4. The summed E-state index contributed by atoms with van der Waals surface area (Å²) in [6, 6.07) is 5.95. The molecule has 2 rings (SSSR count). The standard InChI is InChI=1S/C18H24O3/c1-12-11-14(21-4)5-6-15(12)17-13(2)16(20)7-8-18(17,3)9-10-19/h5-6,11,19H,7-10H2,1-4H3. The first kappa shape index (κ1) is 15.8. The minimum absolute atomic E-state index is 0.136. The van der Waals surface area contributed by atoms with Crippen molar-refractivity contribution in [1.82, 2.24) is 0 Å². The Balaban J connectivity index is 2.60. The van der Waals surface area contributed by atoms with Crippen molar-refractivity contribution in [2.45, 2.75) is 40.0 Å². The average molecular weight is 288 g/mol. The second-order valence-corrected chi connectivity index (χ2v) is 6.14. The van der Waals surface area contributed by atoms with Gasteiger partial charge in [-0.2, -0.15) is 0 Å². The molecular weight excluding hydrogens is 264 g/mol. The van der Waals surface area contributed by atoms with Crippen LogP contribution in [0.4, 0.5) is 0 Å². The van der Waals surface area contributed by atoms with Crippen molar-refractivity contribution in [2.24, 2.45) is 5.41 Å². The summed E-state index contributed by atoms with van der Waals surface area (Å²) in [4.78, 5) is 12.2. The lowest BCUT2D eigenvalue weighted by Crippen LogP contribution is -2.28. The van der Waals surface area contributed by atoms with E-state index in [1.807, 2.05) is 32.0 Å². The molecule has 1 unspecified atom stereocenters. The quantitative estimate of drug-likeness (QED) is 0.922. The molecule has 0 saturated carbocycles. The van der Waals surface area contributed by atoms with Gasteiger partial charge in [-0.05, 0) is 66.5 Å². The molecule has 0 heterocycles. The van der Waals surface area contributed by atoms with E-state index in [0.717, 1.165) is 34.4 Å². The number of ketones is 1. The number of methoxy groups -OCH3 is 1. The molecule has 1 aliphatic rings. The number of aliphatic hydroxyl groups is 1. The van der Waals surface area contributed by atoms with Crippen LogP contribution in [0.25, 0.3) is 5.57 Å². The minimum Gasteiger partial charge on any atom is -0.497 e. The van der Waals surface area contributed by atoms with E-state index < -0.39 is 0 Å². The van der Waals surface area contributed by atoms with Gasteiger partial charge in [-0.1, -0.05) is 13.0 Å². The van der Waals surface area contributed by atoms with Crippen LogP contribution in [0.1, 0.15) is 44.2 Å². The predicted molar refractivity (Wildman–Crippen MR) is 84.4 cm³/mol. The molecule has 0 saturated heterocycles. The number of ether oxygens (including phenoxy) is 1. The third kappa shape index (κ3) is 2.88. The molecule has 0 aromatic heterocycles. The fourth-order valence-electron chi connectivity index (χ4n) is 3.36. The van der Waals surface area contributed by atoms with E-state index in [-0.39, 0.29) is 17.8 Å². The summed E-state index contributed by atoms with van der Waals surface area (Å²) in [6.07, 6.45) is 2.05. The number of hydrogen-bond acceptors (Lipinski definition) is 3. The highest BCUT2D eigenvalue weighted by atomic mass is 16.5. The zero-order valence-electron chi connectivity index (χ0n) is 13.3. The van der Waals surface area contributed by atoms with Gasteiger partial charge in [0, 0.05) is 13.0 Å². The minimum atomic E-state index is -0.147. The van der Waals surface area contributed by atoms with Crippen LogP contribution in [0.2, 0.25) is 0 Å². The van der Waals surface area contributed by atoms with Gasteiger partial charge in [0.05, 0.1) is 7.11 Å². The van der Waals surface area contributed by atoms with Crippen LogP contribution in [0.5, 0.6) is 5.75 Å². The smallest absolute Gasteiger partial charge is 0.158 e. The fraction of sp³-hybridized carbons (Fsp3) is 0.500. The van der Waals surface area contributed by atoms with Gasteiger partial charge in [0.2, 0.25) is 0 Å². The topological polar surface area (TPSA) is 46.5 Å². The molecular formula is C18H24O3. The molecule has 1 aromatic carbocycles. The molecule has 1 atom stereocenters. The lowest BCUT2D eigenvalue weighted by Gasteiger charge is -2.37. The number of hydrogen-bond donors (Lipinski definition) is 1. The molecule has 1 aromatic rings. The molecule has 0 bridgehead atoms. The Morgan fingerprint density at radius 2 is 2.05 bits per heavy atom. The summed E-state index contributed by atoms with van der Waals surface area (Å²) in [5.41, 5.74) is 3.98. The number of aryl methyl sites for hydroxylation is 1. The maximum atomic E-state index is 12.2. The summed E-state index contributed by atoms with van der Waals surface area (Å²) in [5, 5.41) is 9.42. The van der Waals surface area contributed by atoms with E-state index in [1.54, 1.807) is 7.11 Å². The van der Waals surface area contributed by atoms with Gasteiger partial charge >= 0.3 is 0 Å². The van der Waals surface area contributed by atoms with E-state index in [4.69, 9.17) is 4.74 Å². The van der Waals surface area contributed by atoms with E-state index in [2.05, 4.69) is 6.92 Å². The molecule has 0 radical (unpaired) electrons. The van der Waals surface area contributed by atoms with Crippen LogP contribution in [0, 0.1) is 12.3 Å². The van der Waals surface area contributed by atoms with E-state index in [9.17, 15) is 9.90 Å². The van der Waals surface area contributed by atoms with Gasteiger partial charge in [0.1, 0.15) is 5.75 Å². The van der Waals surface area contributed by atoms with Crippen LogP contribution in [0.15, 0.2) is 23.8 Å². The highest BCUT2D eigenvalue weighted by molar-refractivity contribution is 6.05. The number of benzene rings is 1. The van der Waals surface area contributed by atoms with Gasteiger partial charge in [-0.3, -0.25) is 4.79 Å².